The van der Waals surface area contributed by atoms with Gasteiger partial charge in [0.2, 0.25) is 5.69 Å². The van der Waals surface area contributed by atoms with E-state index >= 15 is 0 Å². The number of hydrogen-bond donors (Lipinski definition) is 0. The van der Waals surface area contributed by atoms with Gasteiger partial charge in [0.15, 0.2) is 5.78 Å². The number of nitrogens with zero attached hydrogens (tertiary/aromatic N) is 1. The second-order valence-corrected chi connectivity index (χ2v) is 9.40. The van der Waals surface area contributed by atoms with Crippen LogP contribution in [0.1, 0.15) is 68.8 Å². The minimum absolute atomic E-state index is 0.0752. The Morgan fingerprint density at radius 1 is 1.06 bits per heavy atom. The average Bonchev–Trinajstić information content (AvgIpc) is 3.55. The molecule has 0 radical (unpaired) electrons. The maximum absolute atomic E-state index is 13.6. The lowest BCUT2D eigenvalue weighted by atomic mass is 9.91. The van der Waals surface area contributed by atoms with Gasteiger partial charge in [0.05, 0.1) is 12.2 Å². The summed E-state index contributed by atoms with van der Waals surface area (Å²) < 4.78 is 10.0. The molecule has 1 heterocycles. The molecule has 0 bridgehead atoms. The molecule has 3 aromatic rings. The topological polar surface area (TPSA) is 69.4 Å². The first-order chi connectivity index (χ1) is 15.5. The second kappa shape index (κ2) is 9.96. The number of carbonyl (C=O) groups is 2. The first-order valence-corrected chi connectivity index (χ1v) is 13.0. The highest BCUT2D eigenvalue weighted by Gasteiger charge is 2.29. The van der Waals surface area contributed by atoms with E-state index in [-0.39, 0.29) is 23.6 Å². The van der Waals surface area contributed by atoms with Gasteiger partial charge in [0.25, 0.3) is 0 Å². The summed E-state index contributed by atoms with van der Waals surface area (Å²) in [5.74, 6) is -0.412. The fraction of sp³-hybridized carbons (Fsp3) is 0.320. The third-order valence-corrected chi connectivity index (χ3v) is 7.13. The monoisotopic (exact) mass is 467 g/mol. The lowest BCUT2D eigenvalue weighted by Crippen LogP contribution is -2.13. The first-order valence-electron chi connectivity index (χ1n) is 10.6. The van der Waals surface area contributed by atoms with E-state index in [0.717, 1.165) is 24.0 Å². The summed E-state index contributed by atoms with van der Waals surface area (Å²) in [5, 5.41) is 3.74. The van der Waals surface area contributed by atoms with Gasteiger partial charge in [-0.2, -0.15) is 0 Å². The number of carbonyl (C=O) groups excluding carboxylic acids is 2. The van der Waals surface area contributed by atoms with Gasteiger partial charge in [-0.3, -0.25) is 4.79 Å². The molecule has 4 rings (SSSR count). The van der Waals surface area contributed by atoms with Crippen LogP contribution in [0.5, 0.6) is 0 Å². The normalized spacial score (nSPS) is 13.2. The standard InChI is InChI=1S/C25H25NO4S2/c1-4-29-25(28)23-21(14-30-26-23)24(27)20-12-16(15-5-6-15)7-8-17(20)11-18-9-10-19(31-2)13-22(18)32-3/h7-10,12-15H,4-6,11H2,1-3H3. The molecule has 0 aliphatic heterocycles. The summed E-state index contributed by atoms with van der Waals surface area (Å²) in [4.78, 5) is 28.3. The summed E-state index contributed by atoms with van der Waals surface area (Å²) in [5.41, 5.74) is 3.90. The third-order valence-electron chi connectivity index (χ3n) is 5.59. The number of esters is 1. The van der Waals surface area contributed by atoms with Crippen LogP contribution in [0.2, 0.25) is 0 Å². The molecule has 0 spiro atoms. The maximum atomic E-state index is 13.6. The number of aromatic nitrogens is 1. The van der Waals surface area contributed by atoms with E-state index in [1.54, 1.807) is 30.4 Å². The molecule has 1 saturated carbocycles. The first kappa shape index (κ1) is 22.7. The Morgan fingerprint density at radius 3 is 2.53 bits per heavy atom. The van der Waals surface area contributed by atoms with Gasteiger partial charge in [0.1, 0.15) is 6.26 Å². The van der Waals surface area contributed by atoms with Gasteiger partial charge in [-0.05, 0) is 79.5 Å². The smallest absolute Gasteiger partial charge is 0.361 e. The van der Waals surface area contributed by atoms with Crippen LogP contribution in [0.4, 0.5) is 0 Å². The van der Waals surface area contributed by atoms with E-state index in [4.69, 9.17) is 9.26 Å². The predicted molar refractivity (Wildman–Crippen MR) is 127 cm³/mol. The number of benzene rings is 2. The zero-order chi connectivity index (χ0) is 22.7. The van der Waals surface area contributed by atoms with Crippen LogP contribution >= 0.6 is 23.5 Å². The van der Waals surface area contributed by atoms with E-state index in [1.807, 2.05) is 12.1 Å². The lowest BCUT2D eigenvalue weighted by Gasteiger charge is -2.14. The number of ketones is 1. The van der Waals surface area contributed by atoms with Crippen molar-refractivity contribution in [2.45, 2.75) is 41.9 Å². The van der Waals surface area contributed by atoms with Crippen molar-refractivity contribution < 1.29 is 18.8 Å². The minimum Gasteiger partial charge on any atom is -0.461 e. The van der Waals surface area contributed by atoms with Crippen LogP contribution < -0.4 is 0 Å². The Hall–Kier alpha value is -2.51. The van der Waals surface area contributed by atoms with Crippen LogP contribution in [-0.4, -0.2) is 36.0 Å². The molecular weight excluding hydrogens is 442 g/mol. The van der Waals surface area contributed by atoms with E-state index in [1.165, 1.54) is 21.6 Å². The average molecular weight is 468 g/mol. The number of ether oxygens (including phenoxy) is 1. The zero-order valence-electron chi connectivity index (χ0n) is 18.3. The Bertz CT molecular complexity index is 1150. The van der Waals surface area contributed by atoms with Crippen molar-refractivity contribution in [1.29, 1.82) is 0 Å². The third kappa shape index (κ3) is 4.79. The molecule has 0 N–H and O–H groups in total. The van der Waals surface area contributed by atoms with Gasteiger partial charge in [-0.15, -0.1) is 23.5 Å². The number of thioether (sulfide) groups is 2. The van der Waals surface area contributed by atoms with Gasteiger partial charge in [-0.25, -0.2) is 4.79 Å². The Labute approximate surface area is 196 Å². The molecule has 5 nitrogen and oxygen atoms in total. The quantitative estimate of drug-likeness (QED) is 0.217. The van der Waals surface area contributed by atoms with Gasteiger partial charge in [0, 0.05) is 15.4 Å². The molecule has 7 heteroatoms. The van der Waals surface area contributed by atoms with Gasteiger partial charge in [-0.1, -0.05) is 23.4 Å². The summed E-state index contributed by atoms with van der Waals surface area (Å²) in [6.07, 6.45) is 8.27. The molecule has 2 aromatic carbocycles. The molecule has 0 atom stereocenters. The highest BCUT2D eigenvalue weighted by molar-refractivity contribution is 7.99. The minimum atomic E-state index is -0.651. The fourth-order valence-corrected chi connectivity index (χ4v) is 4.88. The molecule has 0 unspecified atom stereocenters. The Morgan fingerprint density at radius 2 is 1.84 bits per heavy atom. The number of hydrogen-bond acceptors (Lipinski definition) is 7. The van der Waals surface area contributed by atoms with Crippen LogP contribution in [-0.2, 0) is 11.2 Å². The second-order valence-electron chi connectivity index (χ2n) is 7.67. The largest absolute Gasteiger partial charge is 0.461 e. The summed E-state index contributed by atoms with van der Waals surface area (Å²) in [7, 11) is 0. The van der Waals surface area contributed by atoms with Crippen molar-refractivity contribution in [2.24, 2.45) is 0 Å². The molecule has 1 aromatic heterocycles. The van der Waals surface area contributed by atoms with Crippen molar-refractivity contribution in [2.75, 3.05) is 19.1 Å². The summed E-state index contributed by atoms with van der Waals surface area (Å²) >= 11 is 3.41. The van der Waals surface area contributed by atoms with Crippen LogP contribution in [0.15, 0.2) is 57.0 Å². The highest BCUT2D eigenvalue weighted by Crippen LogP contribution is 2.41. The fourth-order valence-electron chi connectivity index (χ4n) is 3.72. The van der Waals surface area contributed by atoms with E-state index in [9.17, 15) is 9.59 Å². The molecule has 32 heavy (non-hydrogen) atoms. The van der Waals surface area contributed by atoms with Gasteiger partial charge >= 0.3 is 5.97 Å². The molecule has 1 aliphatic carbocycles. The summed E-state index contributed by atoms with van der Waals surface area (Å²) in [6.45, 7) is 1.91. The van der Waals surface area contributed by atoms with Crippen LogP contribution in [0.3, 0.4) is 0 Å². The van der Waals surface area contributed by atoms with Crippen LogP contribution in [0.25, 0.3) is 0 Å². The SMILES string of the molecule is CCOC(=O)c1nocc1C(=O)c1cc(C2CC2)ccc1Cc1ccc(SC)cc1SC. The van der Waals surface area contributed by atoms with Crippen molar-refractivity contribution in [3.63, 3.8) is 0 Å². The maximum Gasteiger partial charge on any atom is 0.361 e. The van der Waals surface area contributed by atoms with Gasteiger partial charge < -0.3 is 9.26 Å². The van der Waals surface area contributed by atoms with Crippen LogP contribution in [0, 0.1) is 0 Å². The van der Waals surface area contributed by atoms with E-state index < -0.39 is 5.97 Å². The Balaban J connectivity index is 1.74. The molecular formula is C25H25NO4S2. The highest BCUT2D eigenvalue weighted by atomic mass is 32.2. The van der Waals surface area contributed by atoms with E-state index in [0.29, 0.717) is 17.9 Å². The lowest BCUT2D eigenvalue weighted by molar-refractivity contribution is 0.0512. The van der Waals surface area contributed by atoms with Crippen molar-refractivity contribution in [3.05, 3.63) is 76.2 Å². The molecule has 166 valence electrons. The molecule has 1 fully saturated rings. The van der Waals surface area contributed by atoms with Crippen molar-refractivity contribution in [1.82, 2.24) is 5.16 Å². The predicted octanol–water partition coefficient (Wildman–Crippen LogP) is 5.99. The molecule has 0 amide bonds. The molecule has 1 aliphatic rings. The van der Waals surface area contributed by atoms with E-state index in [2.05, 4.69) is 41.9 Å². The summed E-state index contributed by atoms with van der Waals surface area (Å²) in [6, 6.07) is 12.6. The molecule has 0 saturated heterocycles. The van der Waals surface area contributed by atoms with Crippen molar-refractivity contribution in [3.8, 4) is 0 Å². The number of rotatable bonds is 9. The Kier molecular flexibility index (Phi) is 7.06. The van der Waals surface area contributed by atoms with Crippen molar-refractivity contribution >= 4 is 35.3 Å². The zero-order valence-corrected chi connectivity index (χ0v) is 20.0.